The summed E-state index contributed by atoms with van der Waals surface area (Å²) in [6.07, 6.45) is 5.58. The van der Waals surface area contributed by atoms with Crippen molar-refractivity contribution in [1.29, 1.82) is 0 Å². The van der Waals surface area contributed by atoms with Gasteiger partial charge in [-0.15, -0.1) is 6.58 Å². The Hall–Kier alpha value is -3.73. The minimum atomic E-state index is -0.600. The van der Waals surface area contributed by atoms with Crippen LogP contribution in [0.1, 0.15) is 30.1 Å². The molecule has 1 N–H and O–H groups in total. The largest absolute Gasteiger partial charge is 0.497 e. The predicted molar refractivity (Wildman–Crippen MR) is 159 cm³/mol. The zero-order chi connectivity index (χ0) is 26.6. The molecule has 0 amide bonds. The summed E-state index contributed by atoms with van der Waals surface area (Å²) in [4.78, 5) is 4.59. The molecule has 3 fully saturated rings. The molecule has 2 bridgehead atoms. The first-order valence-electron chi connectivity index (χ1n) is 14.1. The van der Waals surface area contributed by atoms with Gasteiger partial charge in [0.1, 0.15) is 24.4 Å². The Labute approximate surface area is 229 Å². The van der Waals surface area contributed by atoms with E-state index < -0.39 is 6.10 Å². The maximum absolute atomic E-state index is 12.2. The Bertz CT molecular complexity index is 1660. The molecule has 39 heavy (non-hydrogen) atoms. The first-order chi connectivity index (χ1) is 19.1. The molecule has 0 spiro atoms. The highest BCUT2D eigenvalue weighted by Gasteiger charge is 2.54. The number of hydrogen-bond acceptors (Lipinski definition) is 3. The molecule has 0 saturated carbocycles. The van der Waals surface area contributed by atoms with Crippen LogP contribution in [-0.4, -0.2) is 40.8 Å². The molecule has 8 rings (SSSR count). The van der Waals surface area contributed by atoms with E-state index in [9.17, 15) is 5.11 Å². The van der Waals surface area contributed by atoms with Gasteiger partial charge in [-0.2, -0.15) is 0 Å². The Balaban J connectivity index is 1.39. The number of benzene rings is 4. The van der Waals surface area contributed by atoms with E-state index in [-0.39, 0.29) is 6.04 Å². The van der Waals surface area contributed by atoms with Crippen LogP contribution in [0.25, 0.3) is 32.4 Å². The Morgan fingerprint density at radius 2 is 1.74 bits per heavy atom. The molecule has 4 nitrogen and oxygen atoms in total. The number of fused-ring (bicyclic) bond motifs is 6. The second-order valence-corrected chi connectivity index (χ2v) is 11.6. The number of aliphatic hydroxyl groups excluding tert-OH is 1. The molecule has 4 heterocycles. The number of pyridine rings is 1. The predicted octanol–water partition coefficient (Wildman–Crippen LogP) is 7.19. The first kappa shape index (κ1) is 24.3. The third-order valence-electron chi connectivity index (χ3n) is 9.70. The van der Waals surface area contributed by atoms with Crippen molar-refractivity contribution in [2.24, 2.45) is 11.8 Å². The van der Waals surface area contributed by atoms with Gasteiger partial charge in [0, 0.05) is 35.9 Å². The molecular weight excluding hydrogens is 480 g/mol. The van der Waals surface area contributed by atoms with Gasteiger partial charge in [-0.25, -0.2) is 0 Å². The van der Waals surface area contributed by atoms with Crippen LogP contribution in [0.5, 0.6) is 5.75 Å². The summed E-state index contributed by atoms with van der Waals surface area (Å²) in [5.41, 5.74) is 3.23. The second-order valence-electron chi connectivity index (χ2n) is 11.6. The van der Waals surface area contributed by atoms with E-state index >= 15 is 0 Å². The Morgan fingerprint density at radius 3 is 2.46 bits per heavy atom. The van der Waals surface area contributed by atoms with Gasteiger partial charge in [-0.3, -0.25) is 4.98 Å². The van der Waals surface area contributed by atoms with Crippen molar-refractivity contribution in [3.63, 3.8) is 0 Å². The van der Waals surface area contributed by atoms with Gasteiger partial charge in [-0.1, -0.05) is 54.6 Å². The molecule has 0 radical (unpaired) electrons. The van der Waals surface area contributed by atoms with Crippen LogP contribution >= 0.6 is 0 Å². The highest BCUT2D eigenvalue weighted by molar-refractivity contribution is 6.02. The fourth-order valence-corrected chi connectivity index (χ4v) is 7.71. The Kier molecular flexibility index (Phi) is 5.91. The van der Waals surface area contributed by atoms with Crippen LogP contribution in [0.3, 0.4) is 0 Å². The van der Waals surface area contributed by atoms with E-state index in [1.165, 1.54) is 33.5 Å². The maximum atomic E-state index is 12.2. The van der Waals surface area contributed by atoms with E-state index in [0.717, 1.165) is 52.8 Å². The normalized spacial score (nSPS) is 25.2. The minimum absolute atomic E-state index is 0.0921. The summed E-state index contributed by atoms with van der Waals surface area (Å²) in [5, 5.41) is 18.4. The van der Waals surface area contributed by atoms with E-state index in [1.54, 1.807) is 7.11 Å². The smallest absolute Gasteiger partial charge is 0.131 e. The summed E-state index contributed by atoms with van der Waals surface area (Å²) in [5.74, 6) is 1.82. The molecule has 196 valence electrons. The van der Waals surface area contributed by atoms with Crippen LogP contribution in [-0.2, 0) is 6.54 Å². The van der Waals surface area contributed by atoms with Crippen LogP contribution in [0.4, 0.5) is 0 Å². The summed E-state index contributed by atoms with van der Waals surface area (Å²) in [6.45, 7) is 7.21. The number of piperidine rings is 3. The van der Waals surface area contributed by atoms with Crippen LogP contribution < -0.4 is 4.74 Å². The standard InChI is InChI=1S/C35H35N2O2/c1-3-23-21-37(22-32-28-10-6-4-8-25(28)18-26-9-5-7-11-29(26)32)17-15-24(23)19-34(37)35(38)30-14-16-36-33-13-12-27(39-2)20-31(30)33/h3-14,16,18,20,23-24,34-35,38H,1,15,17,19,21-22H2,2H3/q+1/t23-,24-,34-,35+,37?/m0/s1. The highest BCUT2D eigenvalue weighted by atomic mass is 16.5. The van der Waals surface area contributed by atoms with E-state index in [4.69, 9.17) is 4.74 Å². The van der Waals surface area contributed by atoms with Crippen LogP contribution in [0, 0.1) is 11.8 Å². The third kappa shape index (κ3) is 3.93. The number of methoxy groups -OCH3 is 1. The van der Waals surface area contributed by atoms with Gasteiger partial charge >= 0.3 is 0 Å². The molecule has 5 aromatic rings. The van der Waals surface area contributed by atoms with Crippen molar-refractivity contribution in [2.45, 2.75) is 31.5 Å². The summed E-state index contributed by atoms with van der Waals surface area (Å²) in [6, 6.07) is 27.9. The Morgan fingerprint density at radius 1 is 1.00 bits per heavy atom. The number of aliphatic hydroxyl groups is 1. The molecule has 4 heteroatoms. The summed E-state index contributed by atoms with van der Waals surface area (Å²) < 4.78 is 6.41. The number of nitrogens with zero attached hydrogens (tertiary/aromatic N) is 2. The molecular formula is C35H35N2O2+. The van der Waals surface area contributed by atoms with Gasteiger partial charge in [0.15, 0.2) is 0 Å². The van der Waals surface area contributed by atoms with Crippen LogP contribution in [0.2, 0.25) is 0 Å². The zero-order valence-electron chi connectivity index (χ0n) is 22.5. The number of ether oxygens (including phenoxy) is 1. The van der Waals surface area contributed by atoms with Crippen molar-refractivity contribution < 1.29 is 14.3 Å². The highest BCUT2D eigenvalue weighted by Crippen LogP contribution is 2.49. The quantitative estimate of drug-likeness (QED) is 0.148. The lowest BCUT2D eigenvalue weighted by atomic mass is 9.71. The van der Waals surface area contributed by atoms with Crippen molar-refractivity contribution in [2.75, 3.05) is 20.2 Å². The van der Waals surface area contributed by atoms with Gasteiger partial charge in [0.2, 0.25) is 0 Å². The SMILES string of the molecule is C=C[C@H]1C[N+]2(Cc3c4ccccc4cc4ccccc34)CC[C@H]1C[C@H]2[C@H](O)c1ccnc2ccc(OC)cc12. The summed E-state index contributed by atoms with van der Waals surface area (Å²) in [7, 11) is 1.68. The zero-order valence-corrected chi connectivity index (χ0v) is 22.5. The second kappa shape index (κ2) is 9.48. The fraction of sp³-hybridized carbons (Fsp3) is 0.286. The minimum Gasteiger partial charge on any atom is -0.497 e. The molecule has 3 aliphatic heterocycles. The van der Waals surface area contributed by atoms with E-state index in [2.05, 4.69) is 72.2 Å². The lowest BCUT2D eigenvalue weighted by molar-refractivity contribution is -0.984. The van der Waals surface area contributed by atoms with Crippen LogP contribution in [0.15, 0.2) is 97.7 Å². The van der Waals surface area contributed by atoms with Crippen molar-refractivity contribution >= 4 is 32.4 Å². The third-order valence-corrected chi connectivity index (χ3v) is 9.70. The number of quaternary nitrogens is 1. The average Bonchev–Trinajstić information content (AvgIpc) is 3.00. The summed E-state index contributed by atoms with van der Waals surface area (Å²) >= 11 is 0. The topological polar surface area (TPSA) is 42.4 Å². The van der Waals surface area contributed by atoms with Gasteiger partial charge in [0.25, 0.3) is 0 Å². The van der Waals surface area contributed by atoms with Crippen molar-refractivity contribution in [3.8, 4) is 5.75 Å². The van der Waals surface area contributed by atoms with E-state index in [0.29, 0.717) is 11.8 Å². The number of rotatable bonds is 6. The first-order valence-corrected chi connectivity index (χ1v) is 14.1. The lowest BCUT2D eigenvalue weighted by Gasteiger charge is -2.58. The van der Waals surface area contributed by atoms with Gasteiger partial charge in [-0.05, 0) is 63.4 Å². The molecule has 3 aliphatic rings. The lowest BCUT2D eigenvalue weighted by Crippen LogP contribution is -2.67. The molecule has 5 atom stereocenters. The van der Waals surface area contributed by atoms with Gasteiger partial charge < -0.3 is 14.3 Å². The molecule has 4 aromatic carbocycles. The van der Waals surface area contributed by atoms with Gasteiger partial charge in [0.05, 0.1) is 25.7 Å². The van der Waals surface area contributed by atoms with Crippen molar-refractivity contribution in [1.82, 2.24) is 4.98 Å². The molecule has 0 aliphatic carbocycles. The van der Waals surface area contributed by atoms with E-state index in [1.807, 2.05) is 30.5 Å². The average molecular weight is 516 g/mol. The molecule has 3 saturated heterocycles. The number of hydrogen-bond donors (Lipinski definition) is 1. The molecule has 1 aromatic heterocycles. The van der Waals surface area contributed by atoms with Crippen molar-refractivity contribution in [3.05, 3.63) is 109 Å². The molecule has 1 unspecified atom stereocenters. The number of aromatic nitrogens is 1. The maximum Gasteiger partial charge on any atom is 0.131 e. The monoisotopic (exact) mass is 515 g/mol. The fourth-order valence-electron chi connectivity index (χ4n) is 7.71.